The zero-order valence-corrected chi connectivity index (χ0v) is 17.4. The van der Waals surface area contributed by atoms with Gasteiger partial charge in [-0.15, -0.1) is 0 Å². The predicted octanol–water partition coefficient (Wildman–Crippen LogP) is 1.66. The van der Waals surface area contributed by atoms with Gasteiger partial charge in [-0.3, -0.25) is 9.59 Å². The van der Waals surface area contributed by atoms with Gasteiger partial charge in [-0.05, 0) is 26.0 Å². The van der Waals surface area contributed by atoms with Gasteiger partial charge in [0.15, 0.2) is 0 Å². The first-order chi connectivity index (χ1) is 14.4. The minimum atomic E-state index is -0.453. The molecule has 0 radical (unpaired) electrons. The Balaban J connectivity index is 1.59. The summed E-state index contributed by atoms with van der Waals surface area (Å²) in [5, 5.41) is 3.43. The van der Waals surface area contributed by atoms with Crippen LogP contribution in [-0.4, -0.2) is 78.6 Å². The quantitative estimate of drug-likeness (QED) is 0.799. The number of nitrogens with zero attached hydrogens (tertiary/aromatic N) is 3. The molecule has 0 bridgehead atoms. The fraction of sp³-hybridized carbons (Fsp3) is 0.429. The maximum Gasteiger partial charge on any atom is 0.410 e. The third-order valence-electron chi connectivity index (χ3n) is 5.01. The number of carbonyl (C=O) groups is 3. The molecule has 0 aliphatic carbocycles. The number of methoxy groups -OCH3 is 1. The molecule has 1 aliphatic heterocycles. The number of pyridine rings is 1. The lowest BCUT2D eigenvalue weighted by Crippen LogP contribution is -2.56. The molecular weight excluding hydrogens is 388 g/mol. The molecule has 160 valence electrons. The van der Waals surface area contributed by atoms with E-state index in [9.17, 15) is 14.4 Å². The van der Waals surface area contributed by atoms with Gasteiger partial charge in [-0.1, -0.05) is 12.1 Å². The van der Waals surface area contributed by atoms with E-state index in [1.165, 1.54) is 7.11 Å². The third kappa shape index (κ3) is 4.61. The highest BCUT2D eigenvalue weighted by Crippen LogP contribution is 2.24. The van der Waals surface area contributed by atoms with Crippen LogP contribution in [0.25, 0.3) is 10.9 Å². The lowest BCUT2D eigenvalue weighted by atomic mass is 10.1. The first-order valence-electron chi connectivity index (χ1n) is 9.87. The SMILES string of the molecule is CCOC(=O)N1CCN(C(=O)CNC(=O)c2cc(OC)c3ccccc3n2)CC1C. The standard InChI is InChI=1S/C21H26N4O5/c1-4-30-21(28)25-10-9-24(13-14(25)2)19(26)12-22-20(27)17-11-18(29-3)15-7-5-6-8-16(15)23-17/h5-8,11,14H,4,9-10,12-13H2,1-3H3,(H,22,27). The highest BCUT2D eigenvalue weighted by Gasteiger charge is 2.30. The van der Waals surface area contributed by atoms with Gasteiger partial charge < -0.3 is 24.6 Å². The molecule has 1 aromatic heterocycles. The number of piperazine rings is 1. The van der Waals surface area contributed by atoms with Gasteiger partial charge in [0.25, 0.3) is 5.91 Å². The molecule has 1 N–H and O–H groups in total. The summed E-state index contributed by atoms with van der Waals surface area (Å²) in [6.45, 7) is 4.94. The smallest absolute Gasteiger partial charge is 0.410 e. The molecule has 9 nitrogen and oxygen atoms in total. The summed E-state index contributed by atoms with van der Waals surface area (Å²) in [5.74, 6) is -0.127. The van der Waals surface area contributed by atoms with E-state index in [2.05, 4.69) is 10.3 Å². The van der Waals surface area contributed by atoms with Crippen molar-refractivity contribution in [2.45, 2.75) is 19.9 Å². The third-order valence-corrected chi connectivity index (χ3v) is 5.01. The number of amides is 3. The summed E-state index contributed by atoms with van der Waals surface area (Å²) in [5.41, 5.74) is 0.816. The molecule has 1 aromatic carbocycles. The van der Waals surface area contributed by atoms with Gasteiger partial charge >= 0.3 is 6.09 Å². The number of fused-ring (bicyclic) bond motifs is 1. The van der Waals surface area contributed by atoms with Crippen molar-refractivity contribution in [2.75, 3.05) is 39.9 Å². The molecule has 3 rings (SSSR count). The van der Waals surface area contributed by atoms with Crippen LogP contribution in [0.2, 0.25) is 0 Å². The molecule has 0 saturated carbocycles. The number of carbonyl (C=O) groups excluding carboxylic acids is 3. The van der Waals surface area contributed by atoms with Crippen LogP contribution in [0.5, 0.6) is 5.75 Å². The zero-order valence-electron chi connectivity index (χ0n) is 17.4. The van der Waals surface area contributed by atoms with E-state index in [4.69, 9.17) is 9.47 Å². The average Bonchev–Trinajstić information content (AvgIpc) is 2.76. The van der Waals surface area contributed by atoms with Crippen molar-refractivity contribution in [2.24, 2.45) is 0 Å². The van der Waals surface area contributed by atoms with E-state index >= 15 is 0 Å². The van der Waals surface area contributed by atoms with Crippen LogP contribution in [-0.2, 0) is 9.53 Å². The molecule has 1 unspecified atom stereocenters. The second-order valence-corrected chi connectivity index (χ2v) is 6.99. The Morgan fingerprint density at radius 3 is 2.70 bits per heavy atom. The first-order valence-corrected chi connectivity index (χ1v) is 9.87. The zero-order chi connectivity index (χ0) is 21.7. The van der Waals surface area contributed by atoms with E-state index in [-0.39, 0.29) is 30.3 Å². The number of rotatable bonds is 5. The maximum absolute atomic E-state index is 12.6. The second kappa shape index (κ2) is 9.43. The number of benzene rings is 1. The van der Waals surface area contributed by atoms with E-state index in [0.717, 1.165) is 5.39 Å². The van der Waals surface area contributed by atoms with E-state index in [1.807, 2.05) is 25.1 Å². The van der Waals surface area contributed by atoms with E-state index in [1.54, 1.807) is 28.9 Å². The number of nitrogens with one attached hydrogen (secondary N) is 1. The van der Waals surface area contributed by atoms with Crippen molar-refractivity contribution in [3.8, 4) is 5.75 Å². The van der Waals surface area contributed by atoms with E-state index in [0.29, 0.717) is 37.5 Å². The summed E-state index contributed by atoms with van der Waals surface area (Å²) in [4.78, 5) is 44.6. The number of hydrogen-bond donors (Lipinski definition) is 1. The van der Waals surface area contributed by atoms with Crippen LogP contribution in [0.1, 0.15) is 24.3 Å². The average molecular weight is 414 g/mol. The lowest BCUT2D eigenvalue weighted by molar-refractivity contribution is -0.132. The highest BCUT2D eigenvalue weighted by molar-refractivity contribution is 5.98. The molecule has 2 heterocycles. The fourth-order valence-corrected chi connectivity index (χ4v) is 3.45. The summed E-state index contributed by atoms with van der Waals surface area (Å²) in [7, 11) is 1.53. The second-order valence-electron chi connectivity index (χ2n) is 6.99. The Hall–Kier alpha value is -3.36. The van der Waals surface area contributed by atoms with Crippen LogP contribution >= 0.6 is 0 Å². The molecule has 1 fully saturated rings. The summed E-state index contributed by atoms with van der Waals surface area (Å²) >= 11 is 0. The van der Waals surface area contributed by atoms with Crippen molar-refractivity contribution >= 4 is 28.8 Å². The Bertz CT molecular complexity index is 948. The van der Waals surface area contributed by atoms with Crippen LogP contribution in [0.4, 0.5) is 4.79 Å². The largest absolute Gasteiger partial charge is 0.496 e. The summed E-state index contributed by atoms with van der Waals surface area (Å²) < 4.78 is 10.4. The number of aromatic nitrogens is 1. The van der Waals surface area contributed by atoms with Crippen molar-refractivity contribution < 1.29 is 23.9 Å². The Morgan fingerprint density at radius 2 is 2.00 bits per heavy atom. The Morgan fingerprint density at radius 1 is 1.23 bits per heavy atom. The van der Waals surface area contributed by atoms with Crippen molar-refractivity contribution in [3.05, 3.63) is 36.0 Å². The van der Waals surface area contributed by atoms with Gasteiger partial charge in [0.05, 0.1) is 25.8 Å². The summed E-state index contributed by atoms with van der Waals surface area (Å²) in [6, 6.07) is 8.75. The van der Waals surface area contributed by atoms with Gasteiger partial charge in [-0.25, -0.2) is 9.78 Å². The van der Waals surface area contributed by atoms with E-state index < -0.39 is 5.91 Å². The van der Waals surface area contributed by atoms with Gasteiger partial charge in [0.2, 0.25) is 5.91 Å². The number of para-hydroxylation sites is 1. The molecule has 30 heavy (non-hydrogen) atoms. The first kappa shape index (κ1) is 21.4. The van der Waals surface area contributed by atoms with Crippen molar-refractivity contribution in [1.82, 2.24) is 20.1 Å². The van der Waals surface area contributed by atoms with Gasteiger partial charge in [0.1, 0.15) is 11.4 Å². The highest BCUT2D eigenvalue weighted by atomic mass is 16.6. The minimum Gasteiger partial charge on any atom is -0.496 e. The van der Waals surface area contributed by atoms with Gasteiger partial charge in [-0.2, -0.15) is 0 Å². The normalized spacial score (nSPS) is 16.3. The topological polar surface area (TPSA) is 101 Å². The van der Waals surface area contributed by atoms with Crippen molar-refractivity contribution in [3.63, 3.8) is 0 Å². The monoisotopic (exact) mass is 414 g/mol. The van der Waals surface area contributed by atoms with Gasteiger partial charge in [0, 0.05) is 37.1 Å². The molecule has 1 saturated heterocycles. The molecule has 1 aliphatic rings. The number of ether oxygens (including phenoxy) is 2. The lowest BCUT2D eigenvalue weighted by Gasteiger charge is -2.39. The summed E-state index contributed by atoms with van der Waals surface area (Å²) in [6.07, 6.45) is -0.373. The Kier molecular flexibility index (Phi) is 6.71. The predicted molar refractivity (Wildman–Crippen MR) is 110 cm³/mol. The minimum absolute atomic E-state index is 0.151. The molecular formula is C21H26N4O5. The number of hydrogen-bond acceptors (Lipinski definition) is 6. The van der Waals surface area contributed by atoms with Crippen LogP contribution in [0.15, 0.2) is 30.3 Å². The molecule has 1 atom stereocenters. The molecule has 9 heteroatoms. The Labute approximate surface area is 174 Å². The van der Waals surface area contributed by atoms with Crippen LogP contribution in [0.3, 0.4) is 0 Å². The van der Waals surface area contributed by atoms with Crippen LogP contribution in [0, 0.1) is 0 Å². The fourth-order valence-electron chi connectivity index (χ4n) is 3.45. The van der Waals surface area contributed by atoms with Crippen LogP contribution < -0.4 is 10.1 Å². The van der Waals surface area contributed by atoms with Crippen molar-refractivity contribution in [1.29, 1.82) is 0 Å². The molecule has 2 aromatic rings. The molecule has 3 amide bonds. The maximum atomic E-state index is 12.6. The molecule has 0 spiro atoms.